The van der Waals surface area contributed by atoms with Gasteiger partial charge >= 0.3 is 0 Å². The van der Waals surface area contributed by atoms with Crippen LogP contribution in [0, 0.1) is 23.1 Å². The van der Waals surface area contributed by atoms with Crippen LogP contribution in [-0.2, 0) is 11.3 Å². The molecule has 0 atom stereocenters. The fourth-order valence-electron chi connectivity index (χ4n) is 5.99. The van der Waals surface area contributed by atoms with Crippen molar-refractivity contribution >= 4 is 28.8 Å². The molecule has 0 saturated heterocycles. The number of aromatic nitrogens is 4. The van der Waals surface area contributed by atoms with Gasteiger partial charge in [-0.15, -0.1) is 0 Å². The molecule has 2 bridgehead atoms. The van der Waals surface area contributed by atoms with E-state index in [2.05, 4.69) is 27.0 Å². The number of nitrogens with zero attached hydrogens (tertiary/aromatic N) is 4. The highest BCUT2D eigenvalue weighted by Gasteiger charge is 2.49. The first kappa shape index (κ1) is 24.1. The van der Waals surface area contributed by atoms with E-state index in [4.69, 9.17) is 32.5 Å². The lowest BCUT2D eigenvalue weighted by Gasteiger charge is -2.51. The molecule has 4 aromatic rings. The van der Waals surface area contributed by atoms with Crippen molar-refractivity contribution in [1.82, 2.24) is 19.5 Å². The van der Waals surface area contributed by atoms with E-state index in [9.17, 15) is 4.39 Å². The minimum absolute atomic E-state index is 0.0395. The van der Waals surface area contributed by atoms with Crippen molar-refractivity contribution in [2.75, 3.05) is 0 Å². The zero-order valence-electron chi connectivity index (χ0n) is 20.6. The Bertz CT molecular complexity index is 1570. The van der Waals surface area contributed by atoms with Crippen LogP contribution in [0.4, 0.5) is 4.39 Å². The third-order valence-electron chi connectivity index (χ3n) is 8.48. The molecule has 0 unspecified atom stereocenters. The van der Waals surface area contributed by atoms with Gasteiger partial charge in [0, 0.05) is 41.1 Å². The second-order valence-corrected chi connectivity index (χ2v) is 11.7. The minimum atomic E-state index is -0.303. The molecule has 38 heavy (non-hydrogen) atoms. The molecule has 0 aromatic carbocycles. The van der Waals surface area contributed by atoms with E-state index < -0.39 is 0 Å². The van der Waals surface area contributed by atoms with Crippen molar-refractivity contribution in [3.05, 3.63) is 69.8 Å². The van der Waals surface area contributed by atoms with Crippen molar-refractivity contribution in [2.24, 2.45) is 5.41 Å². The summed E-state index contributed by atoms with van der Waals surface area (Å²) >= 11 is 12.9. The normalized spacial score (nSPS) is 24.5. The fourth-order valence-corrected chi connectivity index (χ4v) is 6.53. The average Bonchev–Trinajstić information content (AvgIpc) is 3.57. The minimum Gasteiger partial charge on any atom is -0.370 e. The van der Waals surface area contributed by atoms with Gasteiger partial charge in [-0.25, -0.2) is 9.37 Å². The topological polar surface area (TPSA) is 65.5 Å². The molecule has 0 spiro atoms. The molecule has 4 heterocycles. The lowest BCUT2D eigenvalue weighted by atomic mass is 9.59. The summed E-state index contributed by atoms with van der Waals surface area (Å²) in [4.78, 5) is 8.42. The number of halogens is 3. The van der Waals surface area contributed by atoms with Crippen molar-refractivity contribution < 1.29 is 13.7 Å². The van der Waals surface area contributed by atoms with Crippen LogP contribution < -0.4 is 0 Å². The number of pyridine rings is 2. The second kappa shape index (κ2) is 9.08. The summed E-state index contributed by atoms with van der Waals surface area (Å²) in [7, 11) is 0. The first-order valence-corrected chi connectivity index (χ1v) is 13.8. The number of rotatable bonds is 5. The first-order chi connectivity index (χ1) is 18.4. The van der Waals surface area contributed by atoms with Gasteiger partial charge in [-0.05, 0) is 69.4 Å². The number of hydrogen-bond acceptors (Lipinski definition) is 5. The Morgan fingerprint density at radius 2 is 1.79 bits per heavy atom. The monoisotopic (exact) mass is 550 g/mol. The van der Waals surface area contributed by atoms with E-state index in [1.54, 1.807) is 29.1 Å². The van der Waals surface area contributed by atoms with E-state index >= 15 is 0 Å². The lowest BCUT2D eigenvalue weighted by molar-refractivity contribution is -0.131. The molecular formula is C29H25Cl2FN4O2. The second-order valence-electron chi connectivity index (χ2n) is 10.8. The Labute approximate surface area is 229 Å². The van der Waals surface area contributed by atoms with Crippen molar-refractivity contribution in [3.8, 4) is 23.1 Å². The van der Waals surface area contributed by atoms with E-state index in [0.29, 0.717) is 45.2 Å². The van der Waals surface area contributed by atoms with Crippen molar-refractivity contribution in [1.29, 1.82) is 0 Å². The van der Waals surface area contributed by atoms with Gasteiger partial charge in [0.25, 0.3) is 0 Å². The van der Waals surface area contributed by atoms with E-state index in [1.807, 2.05) is 0 Å². The van der Waals surface area contributed by atoms with Gasteiger partial charge in [-0.3, -0.25) is 9.38 Å². The van der Waals surface area contributed by atoms with E-state index in [1.165, 1.54) is 12.3 Å². The van der Waals surface area contributed by atoms with Gasteiger partial charge < -0.3 is 9.26 Å². The van der Waals surface area contributed by atoms with Gasteiger partial charge in [-0.2, -0.15) is 0 Å². The summed E-state index contributed by atoms with van der Waals surface area (Å²) in [6.45, 7) is 0.408. The molecule has 0 N–H and O–H groups in total. The maximum Gasteiger partial charge on any atom is 0.145 e. The van der Waals surface area contributed by atoms with E-state index in [0.717, 1.165) is 62.7 Å². The largest absolute Gasteiger partial charge is 0.370 e. The highest BCUT2D eigenvalue weighted by Crippen LogP contribution is 2.54. The van der Waals surface area contributed by atoms with Gasteiger partial charge in [0.05, 0.1) is 28.5 Å². The molecule has 0 amide bonds. The van der Waals surface area contributed by atoms with Crippen LogP contribution in [0.1, 0.15) is 74.3 Å². The zero-order chi connectivity index (χ0) is 25.9. The Hall–Kier alpha value is -2.92. The van der Waals surface area contributed by atoms with Crippen LogP contribution in [0.15, 0.2) is 41.4 Å². The van der Waals surface area contributed by atoms with Crippen molar-refractivity contribution in [3.63, 3.8) is 0 Å². The highest BCUT2D eigenvalue weighted by molar-refractivity contribution is 6.38. The molecule has 4 saturated carbocycles. The quantitative estimate of drug-likeness (QED) is 0.243. The third kappa shape index (κ3) is 4.20. The molecule has 4 aliphatic rings. The van der Waals surface area contributed by atoms with Gasteiger partial charge in [0.1, 0.15) is 28.6 Å². The Balaban J connectivity index is 1.10. The Morgan fingerprint density at radius 3 is 2.50 bits per heavy atom. The molecule has 0 aliphatic heterocycles. The molecule has 9 heteroatoms. The molecule has 0 radical (unpaired) electrons. The van der Waals surface area contributed by atoms with Crippen LogP contribution in [0.25, 0.3) is 16.9 Å². The summed E-state index contributed by atoms with van der Waals surface area (Å²) in [6, 6.07) is 3.08. The summed E-state index contributed by atoms with van der Waals surface area (Å²) in [6.07, 6.45) is 14.2. The van der Waals surface area contributed by atoms with Gasteiger partial charge in [0.2, 0.25) is 0 Å². The van der Waals surface area contributed by atoms with E-state index in [-0.39, 0.29) is 16.8 Å². The van der Waals surface area contributed by atoms with Gasteiger partial charge in [0.15, 0.2) is 0 Å². The SMILES string of the molecule is Fc1ccc2ncc(C#CC34CCC(OCc5c(-c6c(Cl)cncc6Cl)noc5C5CC5)(CC3)CC4)n2c1. The smallest absolute Gasteiger partial charge is 0.145 e. The molecule has 194 valence electrons. The first-order valence-electron chi connectivity index (χ1n) is 13.0. The van der Waals surface area contributed by atoms with Gasteiger partial charge in [-0.1, -0.05) is 34.3 Å². The maximum absolute atomic E-state index is 13.8. The molecule has 4 aromatic heterocycles. The Kier molecular flexibility index (Phi) is 5.77. The Morgan fingerprint density at radius 1 is 1.05 bits per heavy atom. The molecule has 6 nitrogen and oxygen atoms in total. The predicted octanol–water partition coefficient (Wildman–Crippen LogP) is 7.37. The summed E-state index contributed by atoms with van der Waals surface area (Å²) < 4.78 is 28.0. The maximum atomic E-state index is 13.8. The predicted molar refractivity (Wildman–Crippen MR) is 141 cm³/mol. The fraction of sp³-hybridized carbons (Fsp3) is 0.414. The standard InChI is InChI=1S/C29H25Cl2FN4O2/c30-22-14-33-15-23(31)25(22)26-21(27(38-35-26)18-1-2-18)17-37-29-10-7-28(8-11-29,9-12-29)6-5-20-13-34-24-4-3-19(32)16-36(20)24/h3-4,13-16,18H,1-2,7-12,17H2. The average molecular weight is 551 g/mol. The molecule has 4 fully saturated rings. The summed E-state index contributed by atoms with van der Waals surface area (Å²) in [5.41, 5.74) is 3.42. The number of fused-ring (bicyclic) bond motifs is 4. The molecular weight excluding hydrogens is 526 g/mol. The van der Waals surface area contributed by atoms with Crippen molar-refractivity contribution in [2.45, 2.75) is 69.5 Å². The number of ether oxygens (including phenoxy) is 1. The van der Waals surface area contributed by atoms with Crippen LogP contribution in [0.5, 0.6) is 0 Å². The number of imidazole rings is 1. The highest BCUT2D eigenvalue weighted by atomic mass is 35.5. The molecule has 8 rings (SSSR count). The zero-order valence-corrected chi connectivity index (χ0v) is 22.2. The summed E-state index contributed by atoms with van der Waals surface area (Å²) in [5, 5.41) is 5.27. The van der Waals surface area contributed by atoms with Crippen LogP contribution >= 0.6 is 23.2 Å². The number of hydrogen-bond donors (Lipinski definition) is 0. The van der Waals surface area contributed by atoms with Crippen LogP contribution in [0.2, 0.25) is 10.0 Å². The molecule has 4 aliphatic carbocycles. The van der Waals surface area contributed by atoms with Crippen LogP contribution in [-0.4, -0.2) is 25.1 Å². The lowest BCUT2D eigenvalue weighted by Crippen LogP contribution is -2.47. The third-order valence-corrected chi connectivity index (χ3v) is 9.06. The van der Waals surface area contributed by atoms with Crippen LogP contribution in [0.3, 0.4) is 0 Å². The summed E-state index contributed by atoms with van der Waals surface area (Å²) in [5.74, 6) is 7.81.